The van der Waals surface area contributed by atoms with E-state index in [0.717, 1.165) is 25.7 Å². The van der Waals surface area contributed by atoms with Crippen molar-refractivity contribution in [3.05, 3.63) is 72.1 Å². The summed E-state index contributed by atoms with van der Waals surface area (Å²) in [7, 11) is -4.44. The molecule has 2 aliphatic carbocycles. The van der Waals surface area contributed by atoms with Crippen molar-refractivity contribution < 1.29 is 51.0 Å². The minimum absolute atomic E-state index is 0.0173. The molecule has 16 nitrogen and oxygen atoms in total. The van der Waals surface area contributed by atoms with E-state index in [0.29, 0.717) is 37.1 Å². The molecule has 18 heteroatoms. The van der Waals surface area contributed by atoms with Crippen LogP contribution in [0.2, 0.25) is 0 Å². The van der Waals surface area contributed by atoms with E-state index in [1.54, 1.807) is 24.3 Å². The number of fused-ring (bicyclic) bond motifs is 3. The molecule has 2 saturated carbocycles. The topological polar surface area (TPSA) is 202 Å². The van der Waals surface area contributed by atoms with Crippen LogP contribution in [-0.4, -0.2) is 104 Å². The predicted octanol–water partition coefficient (Wildman–Crippen LogP) is 3.85. The fourth-order valence-corrected chi connectivity index (χ4v) is 9.60. The second kappa shape index (κ2) is 17.9. The Morgan fingerprint density at radius 2 is 1.76 bits per heavy atom. The lowest BCUT2D eigenvalue weighted by molar-refractivity contribution is -0.140. The number of benzene rings is 2. The van der Waals surface area contributed by atoms with Gasteiger partial charge in [-0.2, -0.15) is 0 Å². The van der Waals surface area contributed by atoms with Gasteiger partial charge in [0.1, 0.15) is 34.5 Å². The maximum Gasteiger partial charge on any atom is 0.410 e. The largest absolute Gasteiger partial charge is 0.446 e. The average Bonchev–Trinajstić information content (AvgIpc) is 3.60. The summed E-state index contributed by atoms with van der Waals surface area (Å²) >= 11 is 0. The van der Waals surface area contributed by atoms with Gasteiger partial charge in [-0.25, -0.2) is 27.1 Å². The number of carbonyl (C=O) groups excluding carboxylic acids is 5. The molecule has 5 aliphatic rings. The molecule has 0 bridgehead atoms. The first-order valence-corrected chi connectivity index (χ1v) is 21.8. The lowest BCUT2D eigenvalue weighted by Crippen LogP contribution is -2.56. The van der Waals surface area contributed by atoms with Gasteiger partial charge in [0.2, 0.25) is 11.8 Å². The molecule has 3 aliphatic heterocycles. The normalized spacial score (nSPS) is 27.8. The number of ether oxygens (including phenoxy) is 3. The summed E-state index contributed by atoms with van der Waals surface area (Å²) in [4.78, 5) is 71.4. The minimum atomic E-state index is -4.44. The summed E-state index contributed by atoms with van der Waals surface area (Å²) in [6.07, 6.45) is 3.35. The van der Waals surface area contributed by atoms with Crippen molar-refractivity contribution >= 4 is 45.6 Å². The van der Waals surface area contributed by atoms with Gasteiger partial charge in [-0.15, -0.1) is 6.58 Å². The van der Waals surface area contributed by atoms with Gasteiger partial charge in [-0.3, -0.25) is 19.3 Å². The quantitative estimate of drug-likeness (QED) is 0.326. The van der Waals surface area contributed by atoms with E-state index < -0.39 is 75.4 Å². The van der Waals surface area contributed by atoms with E-state index in [1.807, 2.05) is 0 Å². The van der Waals surface area contributed by atoms with Gasteiger partial charge in [0.25, 0.3) is 15.9 Å². The van der Waals surface area contributed by atoms with Crippen LogP contribution in [0.15, 0.2) is 60.0 Å². The van der Waals surface area contributed by atoms with E-state index in [1.165, 1.54) is 34.1 Å². The predicted molar refractivity (Wildman–Crippen MR) is 210 cm³/mol. The maximum absolute atomic E-state index is 14.5. The van der Waals surface area contributed by atoms with Crippen molar-refractivity contribution in [2.45, 2.75) is 112 Å². The van der Waals surface area contributed by atoms with Crippen LogP contribution in [0.1, 0.15) is 75.3 Å². The molecule has 59 heavy (non-hydrogen) atoms. The highest BCUT2D eigenvalue weighted by atomic mass is 32.2. The fraction of sp³-hybridized carbons (Fsp3) is 0.537. The molecule has 3 fully saturated rings. The van der Waals surface area contributed by atoms with Crippen LogP contribution < -0.4 is 20.7 Å². The Labute approximate surface area is 342 Å². The number of nitrogens with one attached hydrogen (secondary N) is 4. The molecule has 2 aromatic carbocycles. The number of hydrogen-bond donors (Lipinski definition) is 4. The van der Waals surface area contributed by atoms with E-state index >= 15 is 0 Å². The summed E-state index contributed by atoms with van der Waals surface area (Å²) in [5.74, 6) is -3.37. The zero-order chi connectivity index (χ0) is 41.7. The van der Waals surface area contributed by atoms with Gasteiger partial charge in [0.15, 0.2) is 0 Å². The maximum atomic E-state index is 14.5. The van der Waals surface area contributed by atoms with Crippen LogP contribution in [0.25, 0.3) is 0 Å². The molecule has 5 amide bonds. The number of nitrogens with zero attached hydrogens (tertiary/aromatic N) is 2. The Morgan fingerprint density at radius 1 is 0.966 bits per heavy atom. The van der Waals surface area contributed by atoms with Crippen molar-refractivity contribution in [1.29, 1.82) is 0 Å². The Kier molecular flexibility index (Phi) is 12.7. The molecular weight excluding hydrogens is 788 g/mol. The number of sulfonamides is 1. The van der Waals surface area contributed by atoms with Gasteiger partial charge in [0.05, 0.1) is 18.8 Å². The number of amides is 5. The molecule has 318 valence electrons. The smallest absolute Gasteiger partial charge is 0.410 e. The monoisotopic (exact) mass is 838 g/mol. The first-order chi connectivity index (χ1) is 28.4. The summed E-state index contributed by atoms with van der Waals surface area (Å²) in [5.41, 5.74) is -0.397. The summed E-state index contributed by atoms with van der Waals surface area (Å²) in [6.45, 7) is 4.63. The van der Waals surface area contributed by atoms with Gasteiger partial charge >= 0.3 is 12.2 Å². The third-order valence-electron chi connectivity index (χ3n) is 11.8. The van der Waals surface area contributed by atoms with Gasteiger partial charge in [-0.1, -0.05) is 30.3 Å². The summed E-state index contributed by atoms with van der Waals surface area (Å²) in [5, 5.41) is 8.68. The van der Waals surface area contributed by atoms with Gasteiger partial charge < -0.3 is 35.1 Å². The van der Waals surface area contributed by atoms with Crippen molar-refractivity contribution in [1.82, 2.24) is 25.2 Å². The second-order valence-corrected chi connectivity index (χ2v) is 17.5. The zero-order valence-corrected chi connectivity index (χ0v) is 33.6. The third kappa shape index (κ3) is 9.64. The average molecular weight is 839 g/mol. The molecule has 1 spiro atoms. The van der Waals surface area contributed by atoms with Crippen LogP contribution in [0.4, 0.5) is 19.7 Å². The molecule has 0 radical (unpaired) electrons. The Hall–Kier alpha value is -5.23. The highest BCUT2D eigenvalue weighted by Crippen LogP contribution is 2.45. The molecule has 5 atom stereocenters. The lowest BCUT2D eigenvalue weighted by Gasteiger charge is -2.28. The first-order valence-electron chi connectivity index (χ1n) is 20.3. The summed E-state index contributed by atoms with van der Waals surface area (Å²) < 4.78 is 61.4. The van der Waals surface area contributed by atoms with Crippen molar-refractivity contribution in [3.8, 4) is 0 Å². The van der Waals surface area contributed by atoms with Crippen LogP contribution in [-0.2, 0) is 51.7 Å². The number of halogens is 1. The second-order valence-electron chi connectivity index (χ2n) is 15.9. The van der Waals surface area contributed by atoms with E-state index in [2.05, 4.69) is 27.3 Å². The summed E-state index contributed by atoms with van der Waals surface area (Å²) in [6, 6.07) is 8.74. The molecule has 2 aromatic rings. The van der Waals surface area contributed by atoms with Crippen molar-refractivity contribution in [2.75, 3.05) is 31.6 Å². The molecular formula is C41H51FN6O10S. The van der Waals surface area contributed by atoms with Gasteiger partial charge in [0, 0.05) is 56.7 Å². The molecule has 3 heterocycles. The van der Waals surface area contributed by atoms with E-state index in [9.17, 15) is 36.8 Å². The Bertz CT molecular complexity index is 2060. The molecule has 4 N–H and O–H groups in total. The fourth-order valence-electron chi connectivity index (χ4n) is 8.38. The van der Waals surface area contributed by atoms with Crippen LogP contribution in [0.3, 0.4) is 0 Å². The molecule has 0 aromatic heterocycles. The number of alkyl carbamates (subject to hydrolysis) is 1. The van der Waals surface area contributed by atoms with Crippen molar-refractivity contribution in [2.24, 2.45) is 5.92 Å². The van der Waals surface area contributed by atoms with E-state index in [-0.39, 0.29) is 68.6 Å². The Morgan fingerprint density at radius 3 is 2.53 bits per heavy atom. The highest BCUT2D eigenvalue weighted by Gasteiger charge is 2.61. The van der Waals surface area contributed by atoms with Crippen LogP contribution in [0, 0.1) is 11.7 Å². The first kappa shape index (κ1) is 41.9. The third-order valence-corrected chi connectivity index (χ3v) is 13.1. The van der Waals surface area contributed by atoms with Crippen molar-refractivity contribution in [3.63, 3.8) is 0 Å². The van der Waals surface area contributed by atoms with Crippen LogP contribution >= 0.6 is 0 Å². The Balaban J connectivity index is 1.14. The number of carbonyl (C=O) groups is 5. The SMILES string of the molecule is C=C[C@H]1C[C@]12NC(=O)[C@@H]1C[C@@H](OC(=O)N3Cc4cccc(F)c4C3)CN1C(=O)CC(NC(=O)OC1CCCC1)CCOCCCCNc1ccccc1S(=O)(=O)NC2=O. The zero-order valence-electron chi connectivity index (χ0n) is 32.8. The standard InChI is InChI=1S/C41H51FN6O10S/c1-2-27-22-41(27)38(51)46-59(54,55)35-15-6-5-14-33(35)43-17-7-8-18-56-19-16-28(44-39(52)57-29-11-3-4-12-29)20-36(49)48-24-30(21-34(48)37(50)45-41)58-40(53)47-23-26-10-9-13-32(42)31(26)25-47/h2,5-6,9-10,13-15,27-30,34,43H,1,3-4,7-8,11-12,16-25H2,(H,44,52)(H,45,50)(H,46,51)/t27-,28?,30+,34-,41-/m0/s1. The van der Waals surface area contributed by atoms with Crippen LogP contribution in [0.5, 0.6) is 0 Å². The molecule has 1 unspecified atom stereocenters. The lowest BCUT2D eigenvalue weighted by atomic mass is 10.1. The number of para-hydroxylation sites is 1. The molecule has 7 rings (SSSR count). The highest BCUT2D eigenvalue weighted by molar-refractivity contribution is 7.90. The molecule has 1 saturated heterocycles. The number of hydrogen-bond acceptors (Lipinski definition) is 11. The minimum Gasteiger partial charge on any atom is -0.446 e. The van der Waals surface area contributed by atoms with Gasteiger partial charge in [-0.05, 0) is 75.1 Å². The number of rotatable bonds is 4. The van der Waals surface area contributed by atoms with E-state index in [4.69, 9.17) is 14.2 Å². The number of anilines is 1.